The second kappa shape index (κ2) is 14.0. The molecule has 0 aliphatic heterocycles. The van der Waals surface area contributed by atoms with E-state index in [9.17, 15) is 4.79 Å². The Morgan fingerprint density at radius 3 is 1.96 bits per heavy atom. The molecule has 1 unspecified atom stereocenters. The van der Waals surface area contributed by atoms with Gasteiger partial charge in [0, 0.05) is 6.54 Å². The van der Waals surface area contributed by atoms with Crippen LogP contribution in [-0.4, -0.2) is 30.1 Å². The second-order valence-electron chi connectivity index (χ2n) is 4.95. The molecule has 0 radical (unpaired) electrons. The maximum absolute atomic E-state index is 11.3. The highest BCUT2D eigenvalue weighted by Crippen LogP contribution is 2.01. The second-order valence-corrected chi connectivity index (χ2v) is 4.95. The van der Waals surface area contributed by atoms with Crippen molar-refractivity contribution in [1.29, 1.82) is 0 Å². The highest BCUT2D eigenvalue weighted by Gasteiger charge is 2.12. The summed E-state index contributed by atoms with van der Waals surface area (Å²) in [5.41, 5.74) is 8.13. The monoisotopic (exact) mass is 330 g/mol. The quantitative estimate of drug-likeness (QED) is 0.751. The van der Waals surface area contributed by atoms with E-state index < -0.39 is 6.04 Å². The lowest BCUT2D eigenvalue weighted by molar-refractivity contribution is -0.123. The van der Waals surface area contributed by atoms with Crippen LogP contribution in [0.4, 0.5) is 0 Å². The Balaban J connectivity index is 0.000000439. The lowest BCUT2D eigenvalue weighted by Crippen LogP contribution is -2.41. The SMILES string of the molecule is CCNC(=O)C(N)Cc1ccccc1.Cc1ccccc1.O=CO. The van der Waals surface area contributed by atoms with Gasteiger partial charge in [0.1, 0.15) is 0 Å². The van der Waals surface area contributed by atoms with E-state index in [1.165, 1.54) is 5.56 Å². The van der Waals surface area contributed by atoms with Gasteiger partial charge in [-0.05, 0) is 25.8 Å². The van der Waals surface area contributed by atoms with Gasteiger partial charge in [0.05, 0.1) is 6.04 Å². The zero-order valence-electron chi connectivity index (χ0n) is 14.2. The van der Waals surface area contributed by atoms with Gasteiger partial charge in [-0.1, -0.05) is 66.2 Å². The molecule has 0 bridgehead atoms. The minimum Gasteiger partial charge on any atom is -0.483 e. The third kappa shape index (κ3) is 11.0. The predicted molar refractivity (Wildman–Crippen MR) is 96.7 cm³/mol. The van der Waals surface area contributed by atoms with Crippen molar-refractivity contribution in [2.24, 2.45) is 5.73 Å². The van der Waals surface area contributed by atoms with E-state index in [1.807, 2.05) is 55.5 Å². The average molecular weight is 330 g/mol. The van der Waals surface area contributed by atoms with Crippen LogP contribution >= 0.6 is 0 Å². The molecule has 1 atom stereocenters. The molecule has 2 aromatic rings. The normalized spacial score (nSPS) is 10.1. The van der Waals surface area contributed by atoms with Gasteiger partial charge >= 0.3 is 0 Å². The number of hydrogen-bond acceptors (Lipinski definition) is 3. The average Bonchev–Trinajstić information content (AvgIpc) is 2.58. The molecular weight excluding hydrogens is 304 g/mol. The number of carbonyl (C=O) groups excluding carboxylic acids is 1. The minimum atomic E-state index is -0.447. The Hall–Kier alpha value is -2.66. The summed E-state index contributed by atoms with van der Waals surface area (Å²) in [6, 6.07) is 19.6. The first kappa shape index (κ1) is 21.3. The van der Waals surface area contributed by atoms with Crippen molar-refractivity contribution in [1.82, 2.24) is 5.32 Å². The van der Waals surface area contributed by atoms with E-state index in [1.54, 1.807) is 0 Å². The van der Waals surface area contributed by atoms with Crippen molar-refractivity contribution in [3.63, 3.8) is 0 Å². The molecule has 5 heteroatoms. The fourth-order valence-corrected chi connectivity index (χ4v) is 1.80. The number of carboxylic acid groups (broad SMARTS) is 1. The van der Waals surface area contributed by atoms with Gasteiger partial charge in [0.25, 0.3) is 6.47 Å². The van der Waals surface area contributed by atoms with Crippen molar-refractivity contribution in [3.05, 3.63) is 71.8 Å². The number of carbonyl (C=O) groups is 2. The van der Waals surface area contributed by atoms with E-state index in [0.29, 0.717) is 13.0 Å². The largest absolute Gasteiger partial charge is 0.483 e. The first-order valence-corrected chi connectivity index (χ1v) is 7.71. The molecule has 0 spiro atoms. The molecule has 0 aromatic heterocycles. The summed E-state index contributed by atoms with van der Waals surface area (Å²) in [7, 11) is 0. The van der Waals surface area contributed by atoms with Crippen LogP contribution in [0.25, 0.3) is 0 Å². The predicted octanol–water partition coefficient (Wildman–Crippen LogP) is 2.39. The van der Waals surface area contributed by atoms with Gasteiger partial charge in [-0.25, -0.2) is 0 Å². The molecule has 0 saturated heterocycles. The summed E-state index contributed by atoms with van der Waals surface area (Å²) in [6.07, 6.45) is 0.590. The van der Waals surface area contributed by atoms with Crippen LogP contribution in [-0.2, 0) is 16.0 Å². The topological polar surface area (TPSA) is 92.4 Å². The Morgan fingerprint density at radius 1 is 1.12 bits per heavy atom. The van der Waals surface area contributed by atoms with Crippen molar-refractivity contribution >= 4 is 12.4 Å². The van der Waals surface area contributed by atoms with Crippen molar-refractivity contribution < 1.29 is 14.7 Å². The van der Waals surface area contributed by atoms with Gasteiger partial charge in [-0.15, -0.1) is 0 Å². The summed E-state index contributed by atoms with van der Waals surface area (Å²) in [6.45, 7) is 4.34. The van der Waals surface area contributed by atoms with E-state index >= 15 is 0 Å². The highest BCUT2D eigenvalue weighted by atomic mass is 16.3. The van der Waals surface area contributed by atoms with Gasteiger partial charge in [0.2, 0.25) is 5.91 Å². The van der Waals surface area contributed by atoms with Gasteiger partial charge in [-0.3, -0.25) is 9.59 Å². The minimum absolute atomic E-state index is 0.0867. The Labute approximate surface area is 143 Å². The lowest BCUT2D eigenvalue weighted by atomic mass is 10.1. The van der Waals surface area contributed by atoms with Gasteiger partial charge in [-0.2, -0.15) is 0 Å². The number of aryl methyl sites for hydroxylation is 1. The number of rotatable bonds is 4. The van der Waals surface area contributed by atoms with Crippen molar-refractivity contribution in [2.45, 2.75) is 26.3 Å². The number of hydrogen-bond donors (Lipinski definition) is 3. The molecule has 0 fully saturated rings. The molecule has 2 rings (SSSR count). The molecule has 0 heterocycles. The van der Waals surface area contributed by atoms with Crippen LogP contribution in [0.15, 0.2) is 60.7 Å². The van der Waals surface area contributed by atoms with Crippen molar-refractivity contribution in [3.8, 4) is 0 Å². The lowest BCUT2D eigenvalue weighted by Gasteiger charge is -2.10. The van der Waals surface area contributed by atoms with Gasteiger partial charge in [0.15, 0.2) is 0 Å². The molecule has 4 N–H and O–H groups in total. The van der Waals surface area contributed by atoms with Crippen molar-refractivity contribution in [2.75, 3.05) is 6.54 Å². The number of nitrogens with two attached hydrogens (primary N) is 1. The highest BCUT2D eigenvalue weighted by molar-refractivity contribution is 5.81. The molecule has 0 aliphatic rings. The number of likely N-dealkylation sites (N-methyl/N-ethyl adjacent to an activating group) is 1. The molecule has 5 nitrogen and oxygen atoms in total. The number of nitrogens with one attached hydrogen (secondary N) is 1. The summed E-state index contributed by atoms with van der Waals surface area (Å²) < 4.78 is 0. The Morgan fingerprint density at radius 2 is 1.58 bits per heavy atom. The zero-order valence-corrected chi connectivity index (χ0v) is 14.2. The van der Waals surface area contributed by atoms with Crippen LogP contribution in [0, 0.1) is 6.92 Å². The van der Waals surface area contributed by atoms with E-state index in [0.717, 1.165) is 5.56 Å². The molecule has 1 amide bonds. The number of benzene rings is 2. The van der Waals surface area contributed by atoms with E-state index in [2.05, 4.69) is 24.4 Å². The molecular formula is C19H26N2O3. The maximum atomic E-state index is 11.3. The fourth-order valence-electron chi connectivity index (χ4n) is 1.80. The molecule has 0 saturated carbocycles. The molecule has 0 aliphatic carbocycles. The van der Waals surface area contributed by atoms with E-state index in [4.69, 9.17) is 15.6 Å². The van der Waals surface area contributed by atoms with Crippen LogP contribution in [0.2, 0.25) is 0 Å². The van der Waals surface area contributed by atoms with Crippen LogP contribution in [0.5, 0.6) is 0 Å². The first-order chi connectivity index (χ1) is 11.5. The molecule has 2 aromatic carbocycles. The summed E-state index contributed by atoms with van der Waals surface area (Å²) >= 11 is 0. The Bertz CT molecular complexity index is 559. The first-order valence-electron chi connectivity index (χ1n) is 7.71. The summed E-state index contributed by atoms with van der Waals surface area (Å²) in [5.74, 6) is -0.0867. The van der Waals surface area contributed by atoms with E-state index in [-0.39, 0.29) is 12.4 Å². The summed E-state index contributed by atoms with van der Waals surface area (Å²) in [4.78, 5) is 19.7. The van der Waals surface area contributed by atoms with Crippen LogP contribution in [0.1, 0.15) is 18.1 Å². The molecule has 130 valence electrons. The van der Waals surface area contributed by atoms with Crippen LogP contribution in [0.3, 0.4) is 0 Å². The summed E-state index contributed by atoms with van der Waals surface area (Å²) in [5, 5.41) is 9.59. The smallest absolute Gasteiger partial charge is 0.290 e. The van der Waals surface area contributed by atoms with Crippen LogP contribution < -0.4 is 11.1 Å². The standard InChI is InChI=1S/C11H16N2O.C7H8.CH2O2/c1-2-13-11(14)10(12)8-9-6-4-3-5-7-9;1-7-5-3-2-4-6-7;2-1-3/h3-7,10H,2,8,12H2,1H3,(H,13,14);2-6H,1H3;1H,(H,2,3). The zero-order chi connectivity index (χ0) is 18.2. The maximum Gasteiger partial charge on any atom is 0.290 e. The Kier molecular flexibility index (Phi) is 12.4. The number of amides is 1. The van der Waals surface area contributed by atoms with Gasteiger partial charge < -0.3 is 16.2 Å². The third-order valence-electron chi connectivity index (χ3n) is 2.93. The molecule has 24 heavy (non-hydrogen) atoms. The third-order valence-corrected chi connectivity index (χ3v) is 2.93. The fraction of sp³-hybridized carbons (Fsp3) is 0.263.